The van der Waals surface area contributed by atoms with Gasteiger partial charge in [-0.15, -0.1) is 0 Å². The summed E-state index contributed by atoms with van der Waals surface area (Å²) in [6.07, 6.45) is 4.71. The molecule has 18 heavy (non-hydrogen) atoms. The number of nitrogens with one attached hydrogen (secondary N) is 2. The van der Waals surface area contributed by atoms with Crippen molar-refractivity contribution in [2.24, 2.45) is 11.7 Å². The molecule has 0 aromatic rings. The number of carbonyl (C=O) groups excluding carboxylic acids is 2. The van der Waals surface area contributed by atoms with Gasteiger partial charge in [-0.1, -0.05) is 19.8 Å². The Balaban J connectivity index is 3.63. The summed E-state index contributed by atoms with van der Waals surface area (Å²) in [6, 6.07) is 0. The summed E-state index contributed by atoms with van der Waals surface area (Å²) < 4.78 is 0. The first-order chi connectivity index (χ1) is 8.60. The molecule has 5 nitrogen and oxygen atoms in total. The number of hydrogen-bond donors (Lipinski definition) is 3. The van der Waals surface area contributed by atoms with Gasteiger partial charge in [0.2, 0.25) is 11.8 Å². The SMILES string of the molecule is CCCC(CCN)CCC(=O)NCCNC(C)=O. The summed E-state index contributed by atoms with van der Waals surface area (Å²) >= 11 is 0. The second-order valence-electron chi connectivity index (χ2n) is 4.60. The molecule has 1 atom stereocenters. The quantitative estimate of drug-likeness (QED) is 0.506. The van der Waals surface area contributed by atoms with Crippen molar-refractivity contribution >= 4 is 11.8 Å². The Bertz CT molecular complexity index is 238. The third-order valence-corrected chi connectivity index (χ3v) is 2.87. The summed E-state index contributed by atoms with van der Waals surface area (Å²) in [6.45, 7) is 5.28. The molecule has 0 bridgehead atoms. The maximum absolute atomic E-state index is 11.5. The van der Waals surface area contributed by atoms with Gasteiger partial charge in [-0.3, -0.25) is 9.59 Å². The minimum absolute atomic E-state index is 0.0541. The van der Waals surface area contributed by atoms with Gasteiger partial charge < -0.3 is 16.4 Å². The summed E-state index contributed by atoms with van der Waals surface area (Å²) in [5.74, 6) is 0.537. The predicted molar refractivity (Wildman–Crippen MR) is 73.0 cm³/mol. The minimum Gasteiger partial charge on any atom is -0.355 e. The van der Waals surface area contributed by atoms with E-state index in [1.807, 2.05) is 0 Å². The summed E-state index contributed by atoms with van der Waals surface area (Å²) in [5.41, 5.74) is 5.55. The molecule has 0 aliphatic heterocycles. The number of nitrogens with two attached hydrogens (primary N) is 1. The van der Waals surface area contributed by atoms with Gasteiger partial charge in [0.1, 0.15) is 0 Å². The van der Waals surface area contributed by atoms with Crippen molar-refractivity contribution in [3.8, 4) is 0 Å². The molecule has 0 aliphatic rings. The van der Waals surface area contributed by atoms with E-state index < -0.39 is 0 Å². The molecule has 106 valence electrons. The average Bonchev–Trinajstić information content (AvgIpc) is 2.32. The molecule has 2 amide bonds. The van der Waals surface area contributed by atoms with E-state index in [-0.39, 0.29) is 11.8 Å². The molecule has 0 rings (SSSR count). The topological polar surface area (TPSA) is 84.2 Å². The lowest BCUT2D eigenvalue weighted by Crippen LogP contribution is -2.33. The van der Waals surface area contributed by atoms with Gasteiger partial charge in [0.25, 0.3) is 0 Å². The van der Waals surface area contributed by atoms with E-state index in [0.717, 1.165) is 25.7 Å². The Kier molecular flexibility index (Phi) is 10.3. The van der Waals surface area contributed by atoms with Crippen LogP contribution in [0.3, 0.4) is 0 Å². The molecule has 0 fully saturated rings. The molecule has 0 heterocycles. The lowest BCUT2D eigenvalue weighted by atomic mass is 9.94. The first-order valence-electron chi connectivity index (χ1n) is 6.81. The van der Waals surface area contributed by atoms with Crippen LogP contribution in [0, 0.1) is 5.92 Å². The standard InChI is InChI=1S/C13H27N3O2/c1-3-4-12(7-8-14)5-6-13(18)16-10-9-15-11(2)17/h12H,3-10,14H2,1-2H3,(H,15,17)(H,16,18). The molecule has 0 spiro atoms. The Labute approximate surface area is 110 Å². The predicted octanol–water partition coefficient (Wildman–Crippen LogP) is 0.784. The molecule has 0 radical (unpaired) electrons. The first-order valence-corrected chi connectivity index (χ1v) is 6.81. The second kappa shape index (κ2) is 11.0. The highest BCUT2D eigenvalue weighted by Gasteiger charge is 2.09. The molecule has 0 saturated heterocycles. The van der Waals surface area contributed by atoms with E-state index >= 15 is 0 Å². The highest BCUT2D eigenvalue weighted by atomic mass is 16.2. The lowest BCUT2D eigenvalue weighted by Gasteiger charge is -2.14. The van der Waals surface area contributed by atoms with Crippen molar-refractivity contribution in [2.75, 3.05) is 19.6 Å². The van der Waals surface area contributed by atoms with Crippen molar-refractivity contribution < 1.29 is 9.59 Å². The van der Waals surface area contributed by atoms with Crippen LogP contribution in [-0.4, -0.2) is 31.4 Å². The zero-order chi connectivity index (χ0) is 13.8. The third-order valence-electron chi connectivity index (χ3n) is 2.87. The molecule has 1 unspecified atom stereocenters. The summed E-state index contributed by atoms with van der Waals surface area (Å²) in [7, 11) is 0. The molecule has 4 N–H and O–H groups in total. The smallest absolute Gasteiger partial charge is 0.220 e. The van der Waals surface area contributed by atoms with Crippen molar-refractivity contribution in [3.63, 3.8) is 0 Å². The lowest BCUT2D eigenvalue weighted by molar-refractivity contribution is -0.122. The normalized spacial score (nSPS) is 11.9. The number of rotatable bonds is 10. The van der Waals surface area contributed by atoms with E-state index in [9.17, 15) is 9.59 Å². The van der Waals surface area contributed by atoms with Crippen molar-refractivity contribution in [2.45, 2.75) is 46.0 Å². The van der Waals surface area contributed by atoms with Crippen LogP contribution in [0.25, 0.3) is 0 Å². The van der Waals surface area contributed by atoms with Gasteiger partial charge in [0, 0.05) is 26.4 Å². The molecule has 0 aromatic carbocycles. The Morgan fingerprint density at radius 1 is 1.11 bits per heavy atom. The van der Waals surface area contributed by atoms with Crippen LogP contribution >= 0.6 is 0 Å². The van der Waals surface area contributed by atoms with E-state index in [0.29, 0.717) is 32.0 Å². The number of hydrogen-bond acceptors (Lipinski definition) is 3. The fourth-order valence-electron chi connectivity index (χ4n) is 1.94. The van der Waals surface area contributed by atoms with Gasteiger partial charge in [-0.25, -0.2) is 0 Å². The van der Waals surface area contributed by atoms with Crippen LogP contribution in [0.4, 0.5) is 0 Å². The zero-order valence-electron chi connectivity index (χ0n) is 11.6. The van der Waals surface area contributed by atoms with Crippen LogP contribution in [0.1, 0.15) is 46.0 Å². The largest absolute Gasteiger partial charge is 0.355 e. The van der Waals surface area contributed by atoms with Crippen molar-refractivity contribution in [1.82, 2.24) is 10.6 Å². The van der Waals surface area contributed by atoms with Gasteiger partial charge in [0.05, 0.1) is 0 Å². The molecule has 0 aliphatic carbocycles. The third kappa shape index (κ3) is 10.1. The van der Waals surface area contributed by atoms with E-state index in [4.69, 9.17) is 5.73 Å². The first kappa shape index (κ1) is 16.9. The van der Waals surface area contributed by atoms with Gasteiger partial charge >= 0.3 is 0 Å². The Morgan fingerprint density at radius 2 is 1.78 bits per heavy atom. The van der Waals surface area contributed by atoms with Crippen LogP contribution < -0.4 is 16.4 Å². The van der Waals surface area contributed by atoms with Gasteiger partial charge in [0.15, 0.2) is 0 Å². The van der Waals surface area contributed by atoms with Crippen LogP contribution in [0.5, 0.6) is 0 Å². The van der Waals surface area contributed by atoms with Crippen LogP contribution in [-0.2, 0) is 9.59 Å². The number of carbonyl (C=O) groups is 2. The highest BCUT2D eigenvalue weighted by Crippen LogP contribution is 2.16. The summed E-state index contributed by atoms with van der Waals surface area (Å²) in [5, 5.41) is 5.43. The monoisotopic (exact) mass is 257 g/mol. The molecular weight excluding hydrogens is 230 g/mol. The molecule has 5 heteroatoms. The zero-order valence-corrected chi connectivity index (χ0v) is 11.6. The molecular formula is C13H27N3O2. The Morgan fingerprint density at radius 3 is 2.33 bits per heavy atom. The Hall–Kier alpha value is -1.10. The van der Waals surface area contributed by atoms with Crippen molar-refractivity contribution in [1.29, 1.82) is 0 Å². The van der Waals surface area contributed by atoms with Gasteiger partial charge in [-0.05, 0) is 25.3 Å². The van der Waals surface area contributed by atoms with E-state index in [2.05, 4.69) is 17.6 Å². The molecule has 0 aromatic heterocycles. The summed E-state index contributed by atoms with van der Waals surface area (Å²) in [4.78, 5) is 22.2. The maximum Gasteiger partial charge on any atom is 0.220 e. The van der Waals surface area contributed by atoms with Crippen molar-refractivity contribution in [3.05, 3.63) is 0 Å². The molecule has 0 saturated carbocycles. The maximum atomic E-state index is 11.5. The van der Waals surface area contributed by atoms with E-state index in [1.54, 1.807) is 0 Å². The van der Waals surface area contributed by atoms with Crippen LogP contribution in [0.15, 0.2) is 0 Å². The highest BCUT2D eigenvalue weighted by molar-refractivity contribution is 5.76. The second-order valence-corrected chi connectivity index (χ2v) is 4.60. The van der Waals surface area contributed by atoms with Crippen LogP contribution in [0.2, 0.25) is 0 Å². The number of amides is 2. The minimum atomic E-state index is -0.0739. The van der Waals surface area contributed by atoms with Gasteiger partial charge in [-0.2, -0.15) is 0 Å². The fraction of sp³-hybridized carbons (Fsp3) is 0.846. The van der Waals surface area contributed by atoms with E-state index in [1.165, 1.54) is 6.92 Å². The average molecular weight is 257 g/mol. The fourth-order valence-corrected chi connectivity index (χ4v) is 1.94.